The summed E-state index contributed by atoms with van der Waals surface area (Å²) in [5.74, 6) is 0. The van der Waals surface area contributed by atoms with E-state index in [4.69, 9.17) is 0 Å². The molecule has 2 aromatic carbocycles. The number of rotatable bonds is 6. The van der Waals surface area contributed by atoms with E-state index in [0.717, 1.165) is 25.9 Å². The number of nitrogens with one attached hydrogen (secondary N) is 2. The number of hydrogen-bond donors (Lipinski definition) is 2. The van der Waals surface area contributed by atoms with Gasteiger partial charge in [0.15, 0.2) is 5.71 Å². The molecule has 4 rings (SSSR count). The van der Waals surface area contributed by atoms with Gasteiger partial charge in [-0.05, 0) is 89.4 Å². The van der Waals surface area contributed by atoms with Crippen molar-refractivity contribution in [2.75, 3.05) is 18.4 Å². The van der Waals surface area contributed by atoms with Crippen LogP contribution in [0.4, 0.5) is 5.69 Å². The first-order valence-corrected chi connectivity index (χ1v) is 12.2. The van der Waals surface area contributed by atoms with Crippen LogP contribution in [0.1, 0.15) is 69.4 Å². The number of anilines is 1. The summed E-state index contributed by atoms with van der Waals surface area (Å²) in [4.78, 5) is 3.53. The lowest BCUT2D eigenvalue weighted by molar-refractivity contribution is -0.450. The molecule has 0 aromatic heterocycles. The van der Waals surface area contributed by atoms with Gasteiger partial charge in [0.05, 0.1) is 0 Å². The van der Waals surface area contributed by atoms with Crippen molar-refractivity contribution in [1.29, 1.82) is 0 Å². The van der Waals surface area contributed by atoms with Crippen molar-refractivity contribution in [3.05, 3.63) is 93.6 Å². The van der Waals surface area contributed by atoms with E-state index >= 15 is 0 Å². The first-order chi connectivity index (χ1) is 15.5. The summed E-state index contributed by atoms with van der Waals surface area (Å²) in [6, 6.07) is 13.8. The molecule has 0 atom stereocenters. The molecule has 0 heterocycles. The van der Waals surface area contributed by atoms with E-state index in [9.17, 15) is 0 Å². The van der Waals surface area contributed by atoms with Crippen molar-refractivity contribution in [1.82, 2.24) is 0 Å². The summed E-state index contributed by atoms with van der Waals surface area (Å²) >= 11 is 0. The molecule has 0 saturated heterocycles. The number of aryl methyl sites for hydroxylation is 2. The Hall–Kier alpha value is -2.87. The largest absolute Gasteiger partial charge is 0.385 e. The summed E-state index contributed by atoms with van der Waals surface area (Å²) in [6.07, 6.45) is 9.03. The third kappa shape index (κ3) is 3.66. The van der Waals surface area contributed by atoms with Gasteiger partial charge in [-0.15, -0.1) is 0 Å². The quantitative estimate of drug-likeness (QED) is 0.639. The molecule has 2 aliphatic carbocycles. The maximum Gasteiger partial charge on any atom is 0.198 e. The molecule has 2 N–H and O–H groups in total. The van der Waals surface area contributed by atoms with E-state index in [2.05, 4.69) is 106 Å². The van der Waals surface area contributed by atoms with Crippen molar-refractivity contribution in [2.45, 2.75) is 59.8 Å². The van der Waals surface area contributed by atoms with Crippen LogP contribution in [0.25, 0.3) is 5.57 Å². The summed E-state index contributed by atoms with van der Waals surface area (Å²) in [5.41, 5.74) is 13.6. The molecule has 2 heteroatoms. The van der Waals surface area contributed by atoms with Gasteiger partial charge in [0, 0.05) is 29.8 Å². The van der Waals surface area contributed by atoms with Crippen molar-refractivity contribution < 1.29 is 4.99 Å². The van der Waals surface area contributed by atoms with Gasteiger partial charge in [-0.3, -0.25) is 0 Å². The number of fused-ring (bicyclic) bond motifs is 2. The fourth-order valence-electron chi connectivity index (χ4n) is 5.31. The van der Waals surface area contributed by atoms with Crippen LogP contribution in [0.3, 0.4) is 0 Å². The minimum absolute atomic E-state index is 0.0848. The normalized spacial score (nSPS) is 17.8. The zero-order chi connectivity index (χ0) is 22.9. The predicted molar refractivity (Wildman–Crippen MR) is 139 cm³/mol. The Kier molecular flexibility index (Phi) is 6.24. The number of benzene rings is 2. The second-order valence-corrected chi connectivity index (χ2v) is 9.24. The van der Waals surface area contributed by atoms with Crippen LogP contribution in [0.15, 0.2) is 65.8 Å². The topological polar surface area (TPSA) is 26.0 Å². The molecule has 166 valence electrons. The maximum atomic E-state index is 3.53. The molecule has 0 saturated carbocycles. The van der Waals surface area contributed by atoms with Gasteiger partial charge < -0.3 is 5.32 Å². The van der Waals surface area contributed by atoms with Crippen molar-refractivity contribution in [2.24, 2.45) is 0 Å². The van der Waals surface area contributed by atoms with Crippen LogP contribution in [0, 0.1) is 0 Å². The number of allylic oxidation sites excluding steroid dienone is 5. The first kappa shape index (κ1) is 22.3. The van der Waals surface area contributed by atoms with Gasteiger partial charge in [0.2, 0.25) is 0 Å². The van der Waals surface area contributed by atoms with E-state index < -0.39 is 0 Å². The Morgan fingerprint density at radius 2 is 1.62 bits per heavy atom. The summed E-state index contributed by atoms with van der Waals surface area (Å²) < 4.78 is 0. The van der Waals surface area contributed by atoms with Crippen LogP contribution in [0.2, 0.25) is 0 Å². The van der Waals surface area contributed by atoms with Gasteiger partial charge in [-0.25, -0.2) is 4.99 Å². The highest BCUT2D eigenvalue weighted by Crippen LogP contribution is 2.51. The minimum Gasteiger partial charge on any atom is -0.385 e. The Bertz CT molecular complexity index is 1130. The van der Waals surface area contributed by atoms with E-state index in [1.807, 2.05) is 0 Å². The number of hydrogen-bond acceptors (Lipinski definition) is 1. The minimum atomic E-state index is -0.0848. The monoisotopic (exact) mass is 425 g/mol. The fourth-order valence-corrected chi connectivity index (χ4v) is 5.31. The lowest BCUT2D eigenvalue weighted by Crippen LogP contribution is -2.71. The second-order valence-electron chi connectivity index (χ2n) is 9.24. The van der Waals surface area contributed by atoms with Gasteiger partial charge in [-0.2, -0.15) is 0 Å². The van der Waals surface area contributed by atoms with Gasteiger partial charge in [0.1, 0.15) is 6.54 Å². The zero-order valence-electron chi connectivity index (χ0n) is 20.5. The Labute approximate surface area is 193 Å². The second kappa shape index (κ2) is 8.94. The third-order valence-corrected chi connectivity index (χ3v) is 6.94. The molecule has 0 aliphatic heterocycles. The zero-order valence-corrected chi connectivity index (χ0v) is 20.5. The van der Waals surface area contributed by atoms with Crippen LogP contribution >= 0.6 is 0 Å². The molecular formula is C30H37N2+. The summed E-state index contributed by atoms with van der Waals surface area (Å²) in [7, 11) is 0. The lowest BCUT2D eigenvalue weighted by Gasteiger charge is -2.39. The van der Waals surface area contributed by atoms with Crippen LogP contribution < -0.4 is 10.3 Å². The maximum absolute atomic E-state index is 3.53. The molecule has 0 fully saturated rings. The van der Waals surface area contributed by atoms with Crippen molar-refractivity contribution >= 4 is 17.0 Å². The summed E-state index contributed by atoms with van der Waals surface area (Å²) in [6.45, 7) is 15.5. The van der Waals surface area contributed by atoms with E-state index in [1.165, 1.54) is 55.9 Å². The highest BCUT2D eigenvalue weighted by Gasteiger charge is 2.39. The molecular weight excluding hydrogens is 388 g/mol. The van der Waals surface area contributed by atoms with Crippen LogP contribution in [-0.2, 0) is 18.3 Å². The van der Waals surface area contributed by atoms with Crippen molar-refractivity contribution in [3.63, 3.8) is 0 Å². The average Bonchev–Trinajstić information content (AvgIpc) is 2.80. The molecule has 0 spiro atoms. The standard InChI is InChI=1S/C30H36N2/c1-7-20-12-11-13-21(8-2)28(20)29-24-16-14-22(31-9-3)18-26(24)30(5,6)27-19-23(32-10-4)15-17-25(27)29/h11-19,31H,7-10H2,1-6H3/p+1. The van der Waals surface area contributed by atoms with E-state index in [0.29, 0.717) is 0 Å². The molecule has 32 heavy (non-hydrogen) atoms. The molecule has 2 nitrogen and oxygen atoms in total. The fraction of sp³-hybridized carbons (Fsp3) is 0.367. The van der Waals surface area contributed by atoms with E-state index in [1.54, 1.807) is 0 Å². The SMILES string of the molecule is CCNc1ccc2c(c1)C(C)(C)C1=CC(=[NH+]CC)C=CC1=C2c1c(CC)cccc1CC. The molecule has 2 aromatic rings. The van der Waals surface area contributed by atoms with Crippen molar-refractivity contribution in [3.8, 4) is 0 Å². The molecule has 0 radical (unpaired) electrons. The van der Waals surface area contributed by atoms with E-state index in [-0.39, 0.29) is 5.41 Å². The summed E-state index contributed by atoms with van der Waals surface area (Å²) in [5, 5.41) is 3.53. The average molecular weight is 426 g/mol. The Morgan fingerprint density at radius 3 is 2.25 bits per heavy atom. The van der Waals surface area contributed by atoms with Gasteiger partial charge in [0.25, 0.3) is 0 Å². The van der Waals surface area contributed by atoms with Crippen LogP contribution in [-0.4, -0.2) is 18.8 Å². The lowest BCUT2D eigenvalue weighted by atomic mass is 9.63. The van der Waals surface area contributed by atoms with Gasteiger partial charge in [-0.1, -0.05) is 52.0 Å². The molecule has 0 bridgehead atoms. The Balaban J connectivity index is 2.10. The van der Waals surface area contributed by atoms with Gasteiger partial charge >= 0.3 is 0 Å². The highest BCUT2D eigenvalue weighted by molar-refractivity contribution is 6.06. The first-order valence-electron chi connectivity index (χ1n) is 12.2. The Morgan fingerprint density at radius 1 is 0.906 bits per heavy atom. The molecule has 0 unspecified atom stereocenters. The van der Waals surface area contributed by atoms with Crippen LogP contribution in [0.5, 0.6) is 0 Å². The third-order valence-electron chi connectivity index (χ3n) is 6.94. The molecule has 0 amide bonds. The molecule has 2 aliphatic rings. The smallest absolute Gasteiger partial charge is 0.198 e. The predicted octanol–water partition coefficient (Wildman–Crippen LogP) is 5.37. The highest BCUT2D eigenvalue weighted by atomic mass is 14.8.